The van der Waals surface area contributed by atoms with E-state index in [1.54, 1.807) is 24.3 Å². The molecule has 0 atom stereocenters. The lowest BCUT2D eigenvalue weighted by atomic mass is 10.2. The Kier molecular flexibility index (Phi) is 5.09. The molecule has 0 aromatic heterocycles. The minimum atomic E-state index is -0.204. The first-order valence-electron chi connectivity index (χ1n) is 7.87. The van der Waals surface area contributed by atoms with E-state index in [0.29, 0.717) is 22.4 Å². The summed E-state index contributed by atoms with van der Waals surface area (Å²) in [6.45, 7) is 4.47. The van der Waals surface area contributed by atoms with E-state index in [9.17, 15) is 9.90 Å². The number of hydrogen-bond donors (Lipinski definition) is 2. The molecule has 0 spiro atoms. The molecule has 25 heavy (non-hydrogen) atoms. The fourth-order valence-electron chi connectivity index (χ4n) is 2.29. The Morgan fingerprint density at radius 3 is 2.72 bits per heavy atom. The normalized spacial score (nSPS) is 17.1. The number of carbonyl (C=O) groups is 1. The molecule has 0 radical (unpaired) electrons. The van der Waals surface area contributed by atoms with Crippen LogP contribution in [0.5, 0.6) is 11.5 Å². The van der Waals surface area contributed by atoms with E-state index < -0.39 is 0 Å². The van der Waals surface area contributed by atoms with Gasteiger partial charge in [-0.05, 0) is 67.1 Å². The lowest BCUT2D eigenvalue weighted by Crippen LogP contribution is -2.19. The van der Waals surface area contributed by atoms with Crippen LogP contribution in [0.15, 0.2) is 52.4 Å². The maximum absolute atomic E-state index is 12.1. The molecule has 3 rings (SSSR count). The van der Waals surface area contributed by atoms with E-state index in [0.717, 1.165) is 16.9 Å². The highest BCUT2D eigenvalue weighted by atomic mass is 32.2. The Labute approximate surface area is 150 Å². The van der Waals surface area contributed by atoms with Crippen molar-refractivity contribution in [2.45, 2.75) is 13.8 Å². The zero-order chi connectivity index (χ0) is 17.8. The molecule has 1 aliphatic rings. The van der Waals surface area contributed by atoms with Crippen LogP contribution in [0.3, 0.4) is 0 Å². The number of thioether (sulfide) groups is 1. The molecular weight excluding hydrogens is 336 g/mol. The Morgan fingerprint density at radius 2 is 2.00 bits per heavy atom. The SMILES string of the molecule is CCOc1ccc(/C=C2\SC(=Nc3cc(C)ccc3O)NC2=O)cc1. The zero-order valence-electron chi connectivity index (χ0n) is 13.9. The van der Waals surface area contributed by atoms with Gasteiger partial charge in [0.05, 0.1) is 11.5 Å². The number of amidine groups is 1. The van der Waals surface area contributed by atoms with Crippen LogP contribution in [-0.4, -0.2) is 22.8 Å². The molecule has 0 bridgehead atoms. The summed E-state index contributed by atoms with van der Waals surface area (Å²) in [6.07, 6.45) is 1.80. The number of carbonyl (C=O) groups excluding carboxylic acids is 1. The number of aryl methyl sites for hydroxylation is 1. The number of phenols is 1. The van der Waals surface area contributed by atoms with Crippen molar-refractivity contribution in [3.63, 3.8) is 0 Å². The quantitative estimate of drug-likeness (QED) is 0.815. The van der Waals surface area contributed by atoms with E-state index in [-0.39, 0.29) is 11.7 Å². The summed E-state index contributed by atoms with van der Waals surface area (Å²) >= 11 is 1.25. The van der Waals surface area contributed by atoms with Gasteiger partial charge in [-0.2, -0.15) is 0 Å². The summed E-state index contributed by atoms with van der Waals surface area (Å²) in [5.74, 6) is 0.673. The maximum atomic E-state index is 12.1. The first kappa shape index (κ1) is 17.1. The van der Waals surface area contributed by atoms with Gasteiger partial charge in [0, 0.05) is 0 Å². The number of hydrogen-bond acceptors (Lipinski definition) is 5. The molecule has 5 nitrogen and oxygen atoms in total. The Balaban J connectivity index is 1.80. The largest absolute Gasteiger partial charge is 0.506 e. The summed E-state index contributed by atoms with van der Waals surface area (Å²) in [4.78, 5) is 17.0. The van der Waals surface area contributed by atoms with Crippen LogP contribution in [0.4, 0.5) is 5.69 Å². The van der Waals surface area contributed by atoms with Crippen LogP contribution in [-0.2, 0) is 4.79 Å². The minimum absolute atomic E-state index is 0.0805. The number of amides is 1. The molecule has 1 aliphatic heterocycles. The number of nitrogens with zero attached hydrogens (tertiary/aromatic N) is 1. The Bertz CT molecular complexity index is 857. The number of aromatic hydroxyl groups is 1. The second-order valence-electron chi connectivity index (χ2n) is 5.48. The van der Waals surface area contributed by atoms with Crippen LogP contribution < -0.4 is 10.1 Å². The molecule has 2 aromatic carbocycles. The van der Waals surface area contributed by atoms with Crippen LogP contribution in [0, 0.1) is 6.92 Å². The Hall–Kier alpha value is -2.73. The van der Waals surface area contributed by atoms with Gasteiger partial charge in [-0.25, -0.2) is 4.99 Å². The zero-order valence-corrected chi connectivity index (χ0v) is 14.8. The lowest BCUT2D eigenvalue weighted by Gasteiger charge is -2.02. The Morgan fingerprint density at radius 1 is 1.24 bits per heavy atom. The molecule has 1 saturated heterocycles. The fraction of sp³-hybridized carbons (Fsp3) is 0.158. The predicted octanol–water partition coefficient (Wildman–Crippen LogP) is 3.99. The van der Waals surface area contributed by atoms with Crippen molar-refractivity contribution < 1.29 is 14.6 Å². The third kappa shape index (κ3) is 4.22. The van der Waals surface area contributed by atoms with E-state index in [1.165, 1.54) is 11.8 Å². The van der Waals surface area contributed by atoms with Crippen LogP contribution in [0.1, 0.15) is 18.1 Å². The van der Waals surface area contributed by atoms with Gasteiger partial charge in [-0.1, -0.05) is 18.2 Å². The molecule has 0 unspecified atom stereocenters. The lowest BCUT2D eigenvalue weighted by molar-refractivity contribution is -0.115. The molecule has 6 heteroatoms. The molecule has 1 heterocycles. The van der Waals surface area contributed by atoms with Crippen molar-refractivity contribution in [3.8, 4) is 11.5 Å². The summed E-state index contributed by atoms with van der Waals surface area (Å²) in [7, 11) is 0. The van der Waals surface area contributed by atoms with Gasteiger partial charge in [0.15, 0.2) is 5.17 Å². The number of nitrogens with one attached hydrogen (secondary N) is 1. The third-order valence-corrected chi connectivity index (χ3v) is 4.40. The van der Waals surface area contributed by atoms with E-state index >= 15 is 0 Å². The van der Waals surface area contributed by atoms with Gasteiger partial charge < -0.3 is 15.2 Å². The van der Waals surface area contributed by atoms with E-state index in [4.69, 9.17) is 4.74 Å². The monoisotopic (exact) mass is 354 g/mol. The number of ether oxygens (including phenoxy) is 1. The minimum Gasteiger partial charge on any atom is -0.506 e. The van der Waals surface area contributed by atoms with Gasteiger partial charge in [0.1, 0.15) is 17.2 Å². The maximum Gasteiger partial charge on any atom is 0.264 e. The van der Waals surface area contributed by atoms with Gasteiger partial charge in [0.25, 0.3) is 5.91 Å². The van der Waals surface area contributed by atoms with Crippen molar-refractivity contribution in [3.05, 3.63) is 58.5 Å². The summed E-state index contributed by atoms with van der Waals surface area (Å²) in [5.41, 5.74) is 2.32. The first-order chi connectivity index (χ1) is 12.0. The third-order valence-electron chi connectivity index (χ3n) is 3.49. The number of phenolic OH excluding ortho intramolecular Hbond substituents is 1. The average Bonchev–Trinajstić information content (AvgIpc) is 2.92. The molecule has 0 aliphatic carbocycles. The van der Waals surface area contributed by atoms with Crippen LogP contribution >= 0.6 is 11.8 Å². The molecule has 2 aromatic rings. The number of benzene rings is 2. The molecule has 1 amide bonds. The predicted molar refractivity (Wildman–Crippen MR) is 101 cm³/mol. The van der Waals surface area contributed by atoms with Crippen molar-refractivity contribution in [1.82, 2.24) is 5.32 Å². The molecule has 1 fully saturated rings. The highest BCUT2D eigenvalue weighted by Crippen LogP contribution is 2.32. The summed E-state index contributed by atoms with van der Waals surface area (Å²) < 4.78 is 5.41. The summed E-state index contributed by atoms with van der Waals surface area (Å²) in [6, 6.07) is 12.7. The topological polar surface area (TPSA) is 70.9 Å². The van der Waals surface area contributed by atoms with Crippen molar-refractivity contribution in [1.29, 1.82) is 0 Å². The van der Waals surface area contributed by atoms with Crippen LogP contribution in [0.2, 0.25) is 0 Å². The van der Waals surface area contributed by atoms with Gasteiger partial charge in [0.2, 0.25) is 0 Å². The molecule has 0 saturated carbocycles. The van der Waals surface area contributed by atoms with Gasteiger partial charge >= 0.3 is 0 Å². The average molecular weight is 354 g/mol. The van der Waals surface area contributed by atoms with E-state index in [1.807, 2.05) is 38.1 Å². The second-order valence-corrected chi connectivity index (χ2v) is 6.51. The van der Waals surface area contributed by atoms with Gasteiger partial charge in [-0.3, -0.25) is 4.79 Å². The van der Waals surface area contributed by atoms with E-state index in [2.05, 4.69) is 10.3 Å². The summed E-state index contributed by atoms with van der Waals surface area (Å²) in [5, 5.41) is 13.0. The van der Waals surface area contributed by atoms with Crippen LogP contribution in [0.25, 0.3) is 6.08 Å². The molecular formula is C19H18N2O3S. The van der Waals surface area contributed by atoms with Crippen molar-refractivity contribution >= 4 is 34.6 Å². The standard InChI is InChI=1S/C19H18N2O3S/c1-3-24-14-7-5-13(6-8-14)11-17-18(23)21-19(25-17)20-15-10-12(2)4-9-16(15)22/h4-11,22H,3H2,1-2H3,(H,20,21,23)/b17-11-. The molecule has 128 valence electrons. The van der Waals surface area contributed by atoms with Crippen molar-refractivity contribution in [2.75, 3.05) is 6.61 Å². The second kappa shape index (κ2) is 7.44. The smallest absolute Gasteiger partial charge is 0.264 e. The number of aliphatic imine (C=N–C) groups is 1. The highest BCUT2D eigenvalue weighted by molar-refractivity contribution is 8.18. The first-order valence-corrected chi connectivity index (χ1v) is 8.69. The number of rotatable bonds is 4. The van der Waals surface area contributed by atoms with Gasteiger partial charge in [-0.15, -0.1) is 0 Å². The molecule has 2 N–H and O–H groups in total. The van der Waals surface area contributed by atoms with Crippen molar-refractivity contribution in [2.24, 2.45) is 4.99 Å². The highest BCUT2D eigenvalue weighted by Gasteiger charge is 2.24. The fourth-order valence-corrected chi connectivity index (χ4v) is 3.13.